The number of carbonyl (C=O) groups is 1. The third-order valence-corrected chi connectivity index (χ3v) is 10.3. The van der Waals surface area contributed by atoms with Gasteiger partial charge in [-0.3, -0.25) is 10.1 Å². The van der Waals surface area contributed by atoms with Crippen molar-refractivity contribution in [3.8, 4) is 11.5 Å². The number of piperidine rings is 1. The van der Waals surface area contributed by atoms with E-state index in [1.54, 1.807) is 6.07 Å². The largest absolute Gasteiger partial charge is 0.504 e. The number of nitrogens with zero attached hydrogens (tertiary/aromatic N) is 1. The zero-order valence-electron chi connectivity index (χ0n) is 24.6. The van der Waals surface area contributed by atoms with Crippen molar-refractivity contribution in [3.63, 3.8) is 0 Å². The van der Waals surface area contributed by atoms with Crippen molar-refractivity contribution < 1.29 is 24.1 Å². The number of fused-ring (bicyclic) bond motifs is 1. The van der Waals surface area contributed by atoms with Crippen molar-refractivity contribution in [2.24, 2.45) is 0 Å². The third-order valence-electron chi connectivity index (χ3n) is 10.3. The molecule has 0 radical (unpaired) electrons. The number of likely N-dealkylation sites (N-methyl/N-ethyl adjacent to an activating group) is 1. The number of ether oxygens (including phenoxy) is 3. The van der Waals surface area contributed by atoms with Crippen molar-refractivity contribution >= 4 is 16.9 Å². The normalized spacial score (nSPS) is 31.0. The van der Waals surface area contributed by atoms with Crippen molar-refractivity contribution in [2.75, 3.05) is 20.7 Å². The maximum Gasteiger partial charge on any atom is 0.324 e. The SMILES string of the molecule is CO[C@@]12CC[C@@H](N[C@@H](Cc3c[nH]c4ccccc34)C(=O)OC(C)(C)C)[C@@H]3Oc4c(O)ccc5c4C31CCN(C)C2C5. The number of likely N-dealkylation sites (tertiary alicyclic amines) is 1. The summed E-state index contributed by atoms with van der Waals surface area (Å²) in [5, 5.41) is 15.9. The molecule has 3 aromatic rings. The molecule has 2 bridgehead atoms. The summed E-state index contributed by atoms with van der Waals surface area (Å²) >= 11 is 0. The number of benzene rings is 2. The van der Waals surface area contributed by atoms with Crippen LogP contribution in [0.15, 0.2) is 42.6 Å². The summed E-state index contributed by atoms with van der Waals surface area (Å²) in [6, 6.07) is 11.5. The van der Waals surface area contributed by atoms with E-state index in [9.17, 15) is 9.90 Å². The quantitative estimate of drug-likeness (QED) is 0.389. The molecule has 4 aliphatic rings. The van der Waals surface area contributed by atoms with Crippen LogP contribution in [0.4, 0.5) is 0 Å². The minimum absolute atomic E-state index is 0.136. The van der Waals surface area contributed by atoms with Gasteiger partial charge in [0.2, 0.25) is 0 Å². The molecule has 218 valence electrons. The molecule has 1 saturated carbocycles. The lowest BCUT2D eigenvalue weighted by Gasteiger charge is -2.65. The summed E-state index contributed by atoms with van der Waals surface area (Å²) < 4.78 is 19.3. The number of rotatable bonds is 6. The second kappa shape index (κ2) is 9.21. The van der Waals surface area contributed by atoms with Crippen LogP contribution < -0.4 is 10.1 Å². The highest BCUT2D eigenvalue weighted by Gasteiger charge is 2.73. The van der Waals surface area contributed by atoms with Gasteiger partial charge >= 0.3 is 5.97 Å². The second-order valence-electron chi connectivity index (χ2n) is 13.5. The molecule has 0 amide bonds. The summed E-state index contributed by atoms with van der Waals surface area (Å²) in [6.45, 7) is 6.63. The number of para-hydroxylation sites is 1. The van der Waals surface area contributed by atoms with Gasteiger partial charge in [-0.1, -0.05) is 24.3 Å². The van der Waals surface area contributed by atoms with E-state index in [-0.39, 0.29) is 29.9 Å². The summed E-state index contributed by atoms with van der Waals surface area (Å²) in [5.74, 6) is 0.500. The summed E-state index contributed by atoms with van der Waals surface area (Å²) in [5.41, 5.74) is 2.99. The van der Waals surface area contributed by atoms with Gasteiger partial charge in [0, 0.05) is 48.3 Å². The lowest BCUT2D eigenvalue weighted by atomic mass is 9.48. The molecular formula is C33H41N3O5. The van der Waals surface area contributed by atoms with E-state index in [4.69, 9.17) is 14.2 Å². The lowest BCUT2D eigenvalue weighted by Crippen LogP contribution is -2.78. The number of carbonyl (C=O) groups excluding carboxylic acids is 1. The first kappa shape index (κ1) is 26.8. The monoisotopic (exact) mass is 559 g/mol. The average molecular weight is 560 g/mol. The number of phenols is 1. The van der Waals surface area contributed by atoms with Crippen molar-refractivity contribution in [1.29, 1.82) is 0 Å². The Labute approximate surface area is 241 Å². The number of aromatic nitrogens is 1. The Morgan fingerprint density at radius 1 is 1.24 bits per heavy atom. The summed E-state index contributed by atoms with van der Waals surface area (Å²) in [6.07, 6.45) is 5.53. The molecule has 2 unspecified atom stereocenters. The fourth-order valence-corrected chi connectivity index (χ4v) is 8.67. The molecule has 1 spiro atoms. The Morgan fingerprint density at radius 2 is 2.05 bits per heavy atom. The molecule has 8 nitrogen and oxygen atoms in total. The second-order valence-corrected chi connectivity index (χ2v) is 13.5. The predicted molar refractivity (Wildman–Crippen MR) is 156 cm³/mol. The van der Waals surface area contributed by atoms with Gasteiger partial charge in [-0.25, -0.2) is 0 Å². The molecule has 41 heavy (non-hydrogen) atoms. The van der Waals surface area contributed by atoms with E-state index in [2.05, 4.69) is 34.4 Å². The van der Waals surface area contributed by atoms with Crippen molar-refractivity contribution in [3.05, 3.63) is 59.3 Å². The van der Waals surface area contributed by atoms with Crippen LogP contribution in [0, 0.1) is 0 Å². The minimum Gasteiger partial charge on any atom is -0.504 e. The van der Waals surface area contributed by atoms with Crippen LogP contribution in [0.25, 0.3) is 10.9 Å². The molecule has 1 aromatic heterocycles. The summed E-state index contributed by atoms with van der Waals surface area (Å²) in [7, 11) is 4.03. The first-order chi connectivity index (χ1) is 19.6. The van der Waals surface area contributed by atoms with Crippen molar-refractivity contribution in [1.82, 2.24) is 15.2 Å². The van der Waals surface area contributed by atoms with Gasteiger partial charge in [-0.15, -0.1) is 0 Å². The van der Waals surface area contributed by atoms with E-state index in [0.717, 1.165) is 54.3 Å². The van der Waals surface area contributed by atoms with Crippen LogP contribution in [0.2, 0.25) is 0 Å². The fraction of sp³-hybridized carbons (Fsp3) is 0.545. The number of aromatic hydroxyl groups is 1. The number of phenolic OH excluding ortho intramolecular Hbond substituents is 1. The van der Waals surface area contributed by atoms with Gasteiger partial charge in [0.1, 0.15) is 17.7 Å². The standard InChI is InChI=1S/C33H41N3O5/c1-31(2,3)41-30(38)24(16-20-18-34-22-9-7-6-8-21(20)22)35-23-12-13-33(39-5)26-17-19-10-11-25(37)28-27(19)32(33,29(23)40-28)14-15-36(26)4/h6-11,18,23-24,26,29,34-35,37H,12-17H2,1-5H3/t23-,24+,26?,29+,32?,33-/m1/s1. The zero-order valence-corrected chi connectivity index (χ0v) is 24.6. The number of H-pyrrole nitrogens is 1. The highest BCUT2D eigenvalue weighted by Crippen LogP contribution is 2.66. The fourth-order valence-electron chi connectivity index (χ4n) is 8.67. The van der Waals surface area contributed by atoms with Crippen LogP contribution in [-0.4, -0.2) is 77.1 Å². The average Bonchev–Trinajstić information content (AvgIpc) is 3.51. The topological polar surface area (TPSA) is 96.0 Å². The van der Waals surface area contributed by atoms with E-state index in [1.165, 1.54) is 5.56 Å². The molecule has 2 aromatic carbocycles. The van der Waals surface area contributed by atoms with E-state index < -0.39 is 22.7 Å². The van der Waals surface area contributed by atoms with Crippen LogP contribution in [0.1, 0.15) is 56.7 Å². The van der Waals surface area contributed by atoms with Crippen LogP contribution in [-0.2, 0) is 32.5 Å². The zero-order chi connectivity index (χ0) is 28.7. The number of methoxy groups -OCH3 is 1. The van der Waals surface area contributed by atoms with E-state index in [1.807, 2.05) is 52.3 Å². The Bertz CT molecular complexity index is 1510. The van der Waals surface area contributed by atoms with E-state index in [0.29, 0.717) is 12.2 Å². The first-order valence-corrected chi connectivity index (χ1v) is 14.9. The van der Waals surface area contributed by atoms with Gasteiger partial charge < -0.3 is 29.2 Å². The lowest BCUT2D eigenvalue weighted by molar-refractivity contribution is -0.204. The molecule has 1 saturated heterocycles. The Balaban J connectivity index is 1.29. The Morgan fingerprint density at radius 3 is 2.83 bits per heavy atom. The van der Waals surface area contributed by atoms with Gasteiger partial charge in [-0.2, -0.15) is 0 Å². The Kier molecular flexibility index (Phi) is 6.02. The molecule has 7 rings (SSSR count). The maximum atomic E-state index is 13.8. The molecule has 3 heterocycles. The third kappa shape index (κ3) is 3.80. The molecule has 6 atom stereocenters. The van der Waals surface area contributed by atoms with Gasteiger partial charge in [0.15, 0.2) is 11.5 Å². The van der Waals surface area contributed by atoms with Crippen LogP contribution >= 0.6 is 0 Å². The highest BCUT2D eigenvalue weighted by molar-refractivity contribution is 5.84. The molecule has 2 fully saturated rings. The molecule has 2 aliphatic carbocycles. The Hall–Kier alpha value is -3.07. The maximum absolute atomic E-state index is 13.8. The number of aromatic amines is 1. The minimum atomic E-state index is -0.612. The number of hydrogen-bond donors (Lipinski definition) is 3. The van der Waals surface area contributed by atoms with Gasteiger partial charge in [-0.05, 0) is 83.3 Å². The van der Waals surface area contributed by atoms with Crippen LogP contribution in [0.3, 0.4) is 0 Å². The number of nitrogens with one attached hydrogen (secondary N) is 2. The molecular weight excluding hydrogens is 518 g/mol. The molecule has 3 N–H and O–H groups in total. The number of esters is 1. The predicted octanol–water partition coefficient (Wildman–Crippen LogP) is 4.22. The van der Waals surface area contributed by atoms with Gasteiger partial charge in [0.25, 0.3) is 0 Å². The smallest absolute Gasteiger partial charge is 0.324 e. The van der Waals surface area contributed by atoms with Crippen molar-refractivity contribution in [2.45, 2.75) is 93.7 Å². The number of hydrogen-bond acceptors (Lipinski definition) is 7. The van der Waals surface area contributed by atoms with Crippen LogP contribution in [0.5, 0.6) is 11.5 Å². The summed E-state index contributed by atoms with van der Waals surface area (Å²) in [4.78, 5) is 19.5. The van der Waals surface area contributed by atoms with E-state index >= 15 is 0 Å². The first-order valence-electron chi connectivity index (χ1n) is 14.9. The van der Waals surface area contributed by atoms with Gasteiger partial charge in [0.05, 0.1) is 11.0 Å². The highest BCUT2D eigenvalue weighted by atomic mass is 16.6. The molecule has 2 aliphatic heterocycles. The molecule has 8 heteroatoms.